The number of unbranched alkanes of at least 4 members (excludes halogenated alkanes) is 4. The van der Waals surface area contributed by atoms with Gasteiger partial charge >= 0.3 is 11.9 Å². The Morgan fingerprint density at radius 3 is 2.05 bits per heavy atom. The average Bonchev–Trinajstić information content (AvgIpc) is 2.36. The van der Waals surface area contributed by atoms with Crippen LogP contribution in [-0.4, -0.2) is 22.2 Å². The Hall–Kier alpha value is -1.06. The third-order valence-corrected chi connectivity index (χ3v) is 3.82. The zero-order valence-electron chi connectivity index (χ0n) is 12.9. The summed E-state index contributed by atoms with van der Waals surface area (Å²) in [4.78, 5) is 21.5. The fourth-order valence-electron chi connectivity index (χ4n) is 2.48. The van der Waals surface area contributed by atoms with Gasteiger partial charge in [0, 0.05) is 0 Å². The third-order valence-electron chi connectivity index (χ3n) is 3.82. The molecule has 2 N–H and O–H groups in total. The molecule has 0 aliphatic rings. The molecular formula is C16H30O4. The molecule has 0 aliphatic carbocycles. The molecule has 20 heavy (non-hydrogen) atoms. The summed E-state index contributed by atoms with van der Waals surface area (Å²) < 4.78 is 0. The Balaban J connectivity index is 3.69. The molecule has 0 aromatic rings. The molecule has 0 radical (unpaired) electrons. The SMILES string of the molecule is CCCCCCCC(C)CCCC(CC(=O)O)C(=O)O. The Morgan fingerprint density at radius 2 is 1.50 bits per heavy atom. The van der Waals surface area contributed by atoms with Crippen molar-refractivity contribution < 1.29 is 19.8 Å². The van der Waals surface area contributed by atoms with Gasteiger partial charge in [-0.3, -0.25) is 9.59 Å². The van der Waals surface area contributed by atoms with Crippen LogP contribution in [0.4, 0.5) is 0 Å². The third kappa shape index (κ3) is 10.8. The van der Waals surface area contributed by atoms with E-state index in [2.05, 4.69) is 13.8 Å². The molecule has 0 saturated carbocycles. The van der Waals surface area contributed by atoms with Crippen LogP contribution in [0.2, 0.25) is 0 Å². The minimum absolute atomic E-state index is 0.263. The fourth-order valence-corrected chi connectivity index (χ4v) is 2.48. The van der Waals surface area contributed by atoms with Crippen molar-refractivity contribution in [2.75, 3.05) is 0 Å². The van der Waals surface area contributed by atoms with Gasteiger partial charge in [-0.25, -0.2) is 0 Å². The minimum Gasteiger partial charge on any atom is -0.481 e. The predicted octanol–water partition coefficient (Wildman–Crippen LogP) is 4.33. The van der Waals surface area contributed by atoms with Crippen LogP contribution in [0.1, 0.15) is 78.1 Å². The maximum atomic E-state index is 10.9. The zero-order valence-corrected chi connectivity index (χ0v) is 12.9. The molecule has 4 nitrogen and oxygen atoms in total. The molecule has 4 heteroatoms. The molecule has 0 aromatic heterocycles. The number of hydrogen-bond donors (Lipinski definition) is 2. The minimum atomic E-state index is -1.03. The van der Waals surface area contributed by atoms with E-state index in [1.807, 2.05) is 0 Å². The van der Waals surface area contributed by atoms with Gasteiger partial charge in [-0.05, 0) is 12.3 Å². The van der Waals surface area contributed by atoms with Gasteiger partial charge in [0.25, 0.3) is 0 Å². The van der Waals surface area contributed by atoms with Crippen LogP contribution in [0.3, 0.4) is 0 Å². The number of aliphatic carboxylic acids is 2. The lowest BCUT2D eigenvalue weighted by atomic mass is 9.92. The quantitative estimate of drug-likeness (QED) is 0.494. The summed E-state index contributed by atoms with van der Waals surface area (Å²) in [6.45, 7) is 4.41. The van der Waals surface area contributed by atoms with Gasteiger partial charge in [0.1, 0.15) is 0 Å². The van der Waals surface area contributed by atoms with Crippen LogP contribution in [0.15, 0.2) is 0 Å². The van der Waals surface area contributed by atoms with E-state index in [-0.39, 0.29) is 6.42 Å². The van der Waals surface area contributed by atoms with Crippen LogP contribution >= 0.6 is 0 Å². The Kier molecular flexibility index (Phi) is 11.1. The Bertz CT molecular complexity index is 276. The first-order valence-corrected chi connectivity index (χ1v) is 7.92. The molecule has 0 aliphatic heterocycles. The van der Waals surface area contributed by atoms with Crippen LogP contribution in [0.5, 0.6) is 0 Å². The van der Waals surface area contributed by atoms with E-state index in [0.29, 0.717) is 12.3 Å². The van der Waals surface area contributed by atoms with Crippen LogP contribution < -0.4 is 0 Å². The molecule has 0 fully saturated rings. The molecule has 0 saturated heterocycles. The summed E-state index contributed by atoms with van der Waals surface area (Å²) in [6, 6.07) is 0. The fraction of sp³-hybridized carbons (Fsp3) is 0.875. The van der Waals surface area contributed by atoms with E-state index >= 15 is 0 Å². The summed E-state index contributed by atoms with van der Waals surface area (Å²) in [5, 5.41) is 17.6. The van der Waals surface area contributed by atoms with Gasteiger partial charge < -0.3 is 10.2 Å². The summed E-state index contributed by atoms with van der Waals surface area (Å²) in [5.74, 6) is -2.14. The van der Waals surface area contributed by atoms with Crippen molar-refractivity contribution in [2.45, 2.75) is 78.1 Å². The summed E-state index contributed by atoms with van der Waals surface area (Å²) in [6.07, 6.45) is 9.62. The second-order valence-electron chi connectivity index (χ2n) is 5.87. The van der Waals surface area contributed by atoms with Gasteiger partial charge in [-0.2, -0.15) is 0 Å². The van der Waals surface area contributed by atoms with Gasteiger partial charge in [0.05, 0.1) is 12.3 Å². The molecule has 0 heterocycles. The van der Waals surface area contributed by atoms with Crippen molar-refractivity contribution in [3.05, 3.63) is 0 Å². The van der Waals surface area contributed by atoms with Crippen molar-refractivity contribution in [1.82, 2.24) is 0 Å². The molecular weight excluding hydrogens is 256 g/mol. The van der Waals surface area contributed by atoms with E-state index < -0.39 is 17.9 Å². The molecule has 0 bridgehead atoms. The zero-order chi connectivity index (χ0) is 15.4. The van der Waals surface area contributed by atoms with E-state index in [1.54, 1.807) is 0 Å². The van der Waals surface area contributed by atoms with Gasteiger partial charge in [-0.1, -0.05) is 65.2 Å². The Morgan fingerprint density at radius 1 is 0.900 bits per heavy atom. The lowest BCUT2D eigenvalue weighted by molar-refractivity contribution is -0.148. The number of carboxylic acids is 2. The van der Waals surface area contributed by atoms with Gasteiger partial charge in [-0.15, -0.1) is 0 Å². The number of rotatable bonds is 13. The first-order valence-electron chi connectivity index (χ1n) is 7.92. The maximum Gasteiger partial charge on any atom is 0.307 e. The largest absolute Gasteiger partial charge is 0.481 e. The van der Waals surface area contributed by atoms with Crippen molar-refractivity contribution in [3.63, 3.8) is 0 Å². The number of carbonyl (C=O) groups is 2. The highest BCUT2D eigenvalue weighted by Gasteiger charge is 2.20. The number of carboxylic acid groups (broad SMARTS) is 2. The first-order chi connectivity index (χ1) is 9.47. The van der Waals surface area contributed by atoms with Crippen molar-refractivity contribution in [3.8, 4) is 0 Å². The Labute approximate surface area is 122 Å². The highest BCUT2D eigenvalue weighted by Crippen LogP contribution is 2.20. The van der Waals surface area contributed by atoms with E-state index in [4.69, 9.17) is 10.2 Å². The second kappa shape index (κ2) is 11.7. The summed E-state index contributed by atoms with van der Waals surface area (Å²) in [7, 11) is 0. The molecule has 118 valence electrons. The predicted molar refractivity (Wildman–Crippen MR) is 79.8 cm³/mol. The lowest BCUT2D eigenvalue weighted by Crippen LogP contribution is -2.18. The average molecular weight is 286 g/mol. The van der Waals surface area contributed by atoms with E-state index in [1.165, 1.54) is 38.5 Å². The standard InChI is InChI=1S/C16H30O4/c1-3-4-5-6-7-9-13(2)10-8-11-14(16(19)20)12-15(17)18/h13-14H,3-12H2,1-2H3,(H,17,18)(H,19,20). The van der Waals surface area contributed by atoms with E-state index in [9.17, 15) is 9.59 Å². The molecule has 0 amide bonds. The summed E-state index contributed by atoms with van der Waals surface area (Å²) >= 11 is 0. The first kappa shape index (κ1) is 18.9. The molecule has 0 spiro atoms. The molecule has 0 rings (SSSR count). The molecule has 2 atom stereocenters. The normalized spacial score (nSPS) is 13.9. The van der Waals surface area contributed by atoms with Crippen molar-refractivity contribution in [2.24, 2.45) is 11.8 Å². The molecule has 0 aromatic carbocycles. The van der Waals surface area contributed by atoms with Crippen LogP contribution in [-0.2, 0) is 9.59 Å². The highest BCUT2D eigenvalue weighted by atomic mass is 16.4. The van der Waals surface area contributed by atoms with Crippen LogP contribution in [0.25, 0.3) is 0 Å². The monoisotopic (exact) mass is 286 g/mol. The summed E-state index contributed by atoms with van der Waals surface area (Å²) in [5.41, 5.74) is 0. The van der Waals surface area contributed by atoms with Crippen LogP contribution in [0, 0.1) is 11.8 Å². The van der Waals surface area contributed by atoms with E-state index in [0.717, 1.165) is 12.8 Å². The topological polar surface area (TPSA) is 74.6 Å². The highest BCUT2D eigenvalue weighted by molar-refractivity contribution is 5.77. The van der Waals surface area contributed by atoms with Gasteiger partial charge in [0.2, 0.25) is 0 Å². The van der Waals surface area contributed by atoms with Gasteiger partial charge in [0.15, 0.2) is 0 Å². The number of hydrogen-bond acceptors (Lipinski definition) is 2. The van der Waals surface area contributed by atoms with Crippen molar-refractivity contribution >= 4 is 11.9 Å². The smallest absolute Gasteiger partial charge is 0.307 e. The van der Waals surface area contributed by atoms with Crippen molar-refractivity contribution in [1.29, 1.82) is 0 Å². The maximum absolute atomic E-state index is 10.9. The lowest BCUT2D eigenvalue weighted by Gasteiger charge is -2.13. The molecule has 2 unspecified atom stereocenters. The second-order valence-corrected chi connectivity index (χ2v) is 5.87.